The Morgan fingerprint density at radius 2 is 1.89 bits per heavy atom. The summed E-state index contributed by atoms with van der Waals surface area (Å²) < 4.78 is 35.6. The second-order valence-electron chi connectivity index (χ2n) is 9.90. The number of aryl methyl sites for hydroxylation is 1. The summed E-state index contributed by atoms with van der Waals surface area (Å²) >= 11 is 0. The summed E-state index contributed by atoms with van der Waals surface area (Å²) in [4.78, 5) is 1.75. The summed E-state index contributed by atoms with van der Waals surface area (Å²) in [6.45, 7) is 5.76. The highest BCUT2D eigenvalue weighted by Gasteiger charge is 2.41. The van der Waals surface area contributed by atoms with Crippen molar-refractivity contribution < 1.29 is 33.9 Å². The van der Waals surface area contributed by atoms with Gasteiger partial charge in [0.15, 0.2) is 6.23 Å². The molecule has 198 valence electrons. The van der Waals surface area contributed by atoms with Gasteiger partial charge in [-0.2, -0.15) is 8.78 Å². The van der Waals surface area contributed by atoms with Crippen molar-refractivity contribution in [2.45, 2.75) is 89.7 Å². The van der Waals surface area contributed by atoms with Gasteiger partial charge in [-0.05, 0) is 74.1 Å². The molecule has 1 fully saturated rings. The Balaban J connectivity index is 1.40. The summed E-state index contributed by atoms with van der Waals surface area (Å²) in [6.07, 6.45) is -3.91. The van der Waals surface area contributed by atoms with E-state index >= 15 is 0 Å². The Hall–Kier alpha value is -2.18. The van der Waals surface area contributed by atoms with Gasteiger partial charge in [0.1, 0.15) is 24.4 Å². The van der Waals surface area contributed by atoms with Crippen molar-refractivity contribution in [3.05, 3.63) is 64.2 Å². The van der Waals surface area contributed by atoms with Crippen LogP contribution >= 0.6 is 0 Å². The van der Waals surface area contributed by atoms with E-state index < -0.39 is 30.8 Å². The zero-order valence-corrected chi connectivity index (χ0v) is 20.7. The molecule has 4 rings (SSSR count). The fourth-order valence-electron chi connectivity index (χ4n) is 4.89. The Kier molecular flexibility index (Phi) is 7.96. The van der Waals surface area contributed by atoms with Crippen molar-refractivity contribution in [2.24, 2.45) is 0 Å². The first-order chi connectivity index (χ1) is 17.0. The number of aliphatic hydroxyl groups excluding tert-OH is 4. The highest BCUT2D eigenvalue weighted by molar-refractivity contribution is 5.39. The fourth-order valence-corrected chi connectivity index (χ4v) is 4.89. The Morgan fingerprint density at radius 1 is 1.14 bits per heavy atom. The Bertz CT molecular complexity index is 1070. The summed E-state index contributed by atoms with van der Waals surface area (Å²) in [5.74, 6) is -3.01. The lowest BCUT2D eigenvalue weighted by atomic mass is 10.0. The maximum atomic E-state index is 15.0. The van der Waals surface area contributed by atoms with Crippen molar-refractivity contribution in [1.82, 2.24) is 15.5 Å². The molecule has 5 atom stereocenters. The molecule has 8 nitrogen and oxygen atoms in total. The summed E-state index contributed by atoms with van der Waals surface area (Å²) in [5, 5.41) is 46.2. The SMILES string of the molecule is Cc1cc(C(F)(F)[C@H](O)NCc2ccc3c(c2)CN(C2CC[C@H](O)N[C@@H]2O)[C@H]3O)ccc1OC(C)C. The zero-order chi connectivity index (χ0) is 26.2. The second kappa shape index (κ2) is 10.7. The number of nitrogens with one attached hydrogen (secondary N) is 2. The van der Waals surface area contributed by atoms with E-state index in [0.717, 1.165) is 5.56 Å². The van der Waals surface area contributed by atoms with Gasteiger partial charge >= 0.3 is 5.92 Å². The van der Waals surface area contributed by atoms with Crippen LogP contribution in [0.1, 0.15) is 60.7 Å². The number of aliphatic hydroxyl groups is 4. The van der Waals surface area contributed by atoms with Gasteiger partial charge in [0, 0.05) is 18.7 Å². The lowest BCUT2D eigenvalue weighted by Gasteiger charge is -2.39. The van der Waals surface area contributed by atoms with E-state index in [1.54, 1.807) is 30.0 Å². The molecule has 2 aromatic carbocycles. The molecule has 36 heavy (non-hydrogen) atoms. The number of halogens is 2. The molecule has 2 aliphatic heterocycles. The number of hydrogen-bond donors (Lipinski definition) is 6. The number of alkyl halides is 2. The molecule has 0 saturated carbocycles. The normalized spacial score (nSPS) is 25.7. The monoisotopic (exact) mass is 507 g/mol. The van der Waals surface area contributed by atoms with Gasteiger partial charge < -0.3 is 25.2 Å². The summed E-state index contributed by atoms with van der Waals surface area (Å²) in [7, 11) is 0. The Morgan fingerprint density at radius 3 is 2.56 bits per heavy atom. The number of piperidine rings is 1. The first kappa shape index (κ1) is 26.9. The number of fused-ring (bicyclic) bond motifs is 1. The van der Waals surface area contributed by atoms with E-state index in [1.165, 1.54) is 18.2 Å². The van der Waals surface area contributed by atoms with Crippen LogP contribution in [0.3, 0.4) is 0 Å². The molecule has 0 radical (unpaired) electrons. The Labute approximate surface area is 209 Å². The van der Waals surface area contributed by atoms with Crippen molar-refractivity contribution in [1.29, 1.82) is 0 Å². The maximum absolute atomic E-state index is 15.0. The highest BCUT2D eigenvalue weighted by Crippen LogP contribution is 2.37. The highest BCUT2D eigenvalue weighted by atomic mass is 19.3. The van der Waals surface area contributed by atoms with Crippen molar-refractivity contribution in [3.8, 4) is 5.75 Å². The molecule has 0 amide bonds. The van der Waals surface area contributed by atoms with Crippen molar-refractivity contribution in [2.75, 3.05) is 0 Å². The van der Waals surface area contributed by atoms with Gasteiger partial charge in [-0.3, -0.25) is 15.5 Å². The molecular weight excluding hydrogens is 472 g/mol. The molecule has 10 heteroatoms. The van der Waals surface area contributed by atoms with Crippen molar-refractivity contribution in [3.63, 3.8) is 0 Å². The van der Waals surface area contributed by atoms with E-state index in [1.807, 2.05) is 13.8 Å². The number of rotatable bonds is 8. The minimum absolute atomic E-state index is 0.00649. The minimum atomic E-state index is -3.53. The van der Waals surface area contributed by atoms with Crippen molar-refractivity contribution >= 4 is 0 Å². The molecule has 1 saturated heterocycles. The van der Waals surface area contributed by atoms with Crippen LogP contribution in [0.25, 0.3) is 0 Å². The number of benzene rings is 2. The lowest BCUT2D eigenvalue weighted by molar-refractivity contribution is -0.129. The van der Waals surface area contributed by atoms with Gasteiger partial charge in [-0.25, -0.2) is 0 Å². The number of hydrogen-bond acceptors (Lipinski definition) is 8. The minimum Gasteiger partial charge on any atom is -0.491 e. The van der Waals surface area contributed by atoms with Crippen LogP contribution in [-0.4, -0.2) is 56.2 Å². The van der Waals surface area contributed by atoms with Crippen LogP contribution in [-0.2, 0) is 19.0 Å². The molecule has 0 aromatic heterocycles. The lowest BCUT2D eigenvalue weighted by Crippen LogP contribution is -2.56. The standard InChI is InChI=1S/C26H35F2N3O5/c1-14(2)36-21-8-5-18(10-15(21)3)26(27,28)25(35)29-12-16-4-6-19-17(11-16)13-31(24(19)34)20-7-9-22(32)30-23(20)33/h4-6,8,10-11,14,20,22-25,29-30,32-35H,7,9,12-13H2,1-3H3/t20?,22-,23+,24-,25-/m0/s1. The van der Waals surface area contributed by atoms with Crippen LogP contribution in [0.5, 0.6) is 5.75 Å². The van der Waals surface area contributed by atoms with E-state index in [2.05, 4.69) is 10.6 Å². The van der Waals surface area contributed by atoms with Gasteiger partial charge in [-0.1, -0.05) is 18.2 Å². The smallest absolute Gasteiger partial charge is 0.311 e. The van der Waals surface area contributed by atoms with Gasteiger partial charge in [-0.15, -0.1) is 0 Å². The first-order valence-corrected chi connectivity index (χ1v) is 12.2. The molecule has 0 spiro atoms. The van der Waals surface area contributed by atoms with Gasteiger partial charge in [0.2, 0.25) is 0 Å². The van der Waals surface area contributed by atoms with Crippen LogP contribution in [0.15, 0.2) is 36.4 Å². The van der Waals surface area contributed by atoms with Gasteiger partial charge in [0.25, 0.3) is 0 Å². The van der Waals surface area contributed by atoms with E-state index in [-0.39, 0.29) is 24.3 Å². The van der Waals surface area contributed by atoms with Gasteiger partial charge in [0.05, 0.1) is 12.1 Å². The molecule has 2 aromatic rings. The average Bonchev–Trinajstić information content (AvgIpc) is 3.13. The summed E-state index contributed by atoms with van der Waals surface area (Å²) in [6, 6.07) is 8.94. The molecule has 0 bridgehead atoms. The van der Waals surface area contributed by atoms with E-state index in [9.17, 15) is 29.2 Å². The number of nitrogens with zero attached hydrogens (tertiary/aromatic N) is 1. The molecule has 1 unspecified atom stereocenters. The second-order valence-corrected chi connectivity index (χ2v) is 9.90. The quantitative estimate of drug-likeness (QED) is 0.301. The van der Waals surface area contributed by atoms with Crippen LogP contribution in [0.4, 0.5) is 8.78 Å². The predicted octanol–water partition coefficient (Wildman–Crippen LogP) is 2.18. The molecule has 6 N–H and O–H groups in total. The average molecular weight is 508 g/mol. The summed E-state index contributed by atoms with van der Waals surface area (Å²) in [5.41, 5.74) is 2.42. The van der Waals surface area contributed by atoms with Crippen LogP contribution < -0.4 is 15.4 Å². The fraction of sp³-hybridized carbons (Fsp3) is 0.538. The molecule has 2 aliphatic rings. The zero-order valence-electron chi connectivity index (χ0n) is 20.7. The topological polar surface area (TPSA) is 117 Å². The molecule has 2 heterocycles. The third-order valence-corrected chi connectivity index (χ3v) is 6.81. The molecule has 0 aliphatic carbocycles. The number of ether oxygens (including phenoxy) is 1. The van der Waals surface area contributed by atoms with Crippen LogP contribution in [0.2, 0.25) is 0 Å². The largest absolute Gasteiger partial charge is 0.491 e. The maximum Gasteiger partial charge on any atom is 0.311 e. The van der Waals surface area contributed by atoms with E-state index in [4.69, 9.17) is 4.74 Å². The molecular formula is C26H35F2N3O5. The predicted molar refractivity (Wildman–Crippen MR) is 129 cm³/mol. The first-order valence-electron chi connectivity index (χ1n) is 12.2. The third kappa shape index (κ3) is 5.55. The van der Waals surface area contributed by atoms with E-state index in [0.29, 0.717) is 41.8 Å². The third-order valence-electron chi connectivity index (χ3n) is 6.81. The van der Waals surface area contributed by atoms with Crippen LogP contribution in [0, 0.1) is 6.92 Å².